The quantitative estimate of drug-likeness (QED) is 0.459. The number of pyridine rings is 1. The third-order valence-corrected chi connectivity index (χ3v) is 6.37. The number of aromatic nitrogens is 1. The molecule has 1 saturated carbocycles. The minimum Gasteiger partial charge on any atom is -0.362 e. The third-order valence-electron chi connectivity index (χ3n) is 6.37. The fourth-order valence-corrected chi connectivity index (χ4v) is 4.23. The standard InChI is InChI=1S/C28H31N3O/c1-21-7-4-9-24(17-21)25-10-5-11-27(18-25)28(20-32,26-12-13-26)30-22(2)31(3)16-14-23-8-6-15-29-19-23/h4-11,15,17-20,26,30H,2,12-14,16H2,1,3H3. The van der Waals surface area contributed by atoms with Crippen LogP contribution in [-0.4, -0.2) is 29.8 Å². The summed E-state index contributed by atoms with van der Waals surface area (Å²) >= 11 is 0. The van der Waals surface area contributed by atoms with Crippen molar-refractivity contribution in [3.63, 3.8) is 0 Å². The molecule has 164 valence electrons. The highest BCUT2D eigenvalue weighted by molar-refractivity contribution is 5.73. The number of hydrogen-bond acceptors (Lipinski definition) is 4. The van der Waals surface area contributed by atoms with Gasteiger partial charge in [-0.1, -0.05) is 60.7 Å². The maximum atomic E-state index is 12.6. The van der Waals surface area contributed by atoms with E-state index in [2.05, 4.69) is 77.2 Å². The molecule has 4 nitrogen and oxygen atoms in total. The van der Waals surface area contributed by atoms with Gasteiger partial charge in [-0.25, -0.2) is 0 Å². The Balaban J connectivity index is 1.56. The zero-order chi connectivity index (χ0) is 22.6. The summed E-state index contributed by atoms with van der Waals surface area (Å²) in [5, 5.41) is 3.53. The van der Waals surface area contributed by atoms with Crippen molar-refractivity contribution in [3.8, 4) is 11.1 Å². The second-order valence-electron chi connectivity index (χ2n) is 8.82. The van der Waals surface area contributed by atoms with Crippen molar-refractivity contribution in [1.29, 1.82) is 0 Å². The zero-order valence-corrected chi connectivity index (χ0v) is 18.9. The van der Waals surface area contributed by atoms with Gasteiger partial charge in [-0.3, -0.25) is 4.98 Å². The smallest absolute Gasteiger partial charge is 0.150 e. The topological polar surface area (TPSA) is 45.2 Å². The van der Waals surface area contributed by atoms with Crippen molar-refractivity contribution in [1.82, 2.24) is 15.2 Å². The minimum atomic E-state index is -0.764. The summed E-state index contributed by atoms with van der Waals surface area (Å²) in [5.74, 6) is 1.03. The molecule has 0 aliphatic heterocycles. The van der Waals surface area contributed by atoms with Crippen LogP contribution in [0.4, 0.5) is 0 Å². The van der Waals surface area contributed by atoms with Crippen molar-refractivity contribution in [2.45, 2.75) is 31.7 Å². The third kappa shape index (κ3) is 4.75. The molecule has 1 atom stereocenters. The molecule has 0 radical (unpaired) electrons. The normalized spacial score (nSPS) is 14.9. The number of nitrogens with zero attached hydrogens (tertiary/aromatic N) is 2. The minimum absolute atomic E-state index is 0.274. The lowest BCUT2D eigenvalue weighted by Gasteiger charge is -2.35. The van der Waals surface area contributed by atoms with Crippen molar-refractivity contribution in [2.75, 3.05) is 13.6 Å². The van der Waals surface area contributed by atoms with Gasteiger partial charge in [0.15, 0.2) is 0 Å². The van der Waals surface area contributed by atoms with E-state index in [-0.39, 0.29) is 5.92 Å². The van der Waals surface area contributed by atoms with Gasteiger partial charge in [-0.05, 0) is 66.5 Å². The lowest BCUT2D eigenvalue weighted by molar-refractivity contribution is -0.114. The maximum Gasteiger partial charge on any atom is 0.150 e. The molecule has 2 aromatic carbocycles. The molecule has 32 heavy (non-hydrogen) atoms. The van der Waals surface area contributed by atoms with Crippen LogP contribution in [0.25, 0.3) is 11.1 Å². The lowest BCUT2D eigenvalue weighted by atomic mass is 9.84. The Kier molecular flexibility index (Phi) is 6.40. The summed E-state index contributed by atoms with van der Waals surface area (Å²) in [5.41, 5.74) is 4.92. The first kappa shape index (κ1) is 21.8. The van der Waals surface area contributed by atoms with Crippen LogP contribution >= 0.6 is 0 Å². The van der Waals surface area contributed by atoms with E-state index in [0.717, 1.165) is 54.6 Å². The highest BCUT2D eigenvalue weighted by Crippen LogP contribution is 2.45. The van der Waals surface area contributed by atoms with E-state index < -0.39 is 5.54 Å². The molecule has 1 aromatic heterocycles. The lowest BCUT2D eigenvalue weighted by Crippen LogP contribution is -2.48. The zero-order valence-electron chi connectivity index (χ0n) is 18.9. The highest BCUT2D eigenvalue weighted by Gasteiger charge is 2.47. The molecule has 1 unspecified atom stereocenters. The summed E-state index contributed by atoms with van der Waals surface area (Å²) in [7, 11) is 2.01. The molecule has 1 aliphatic rings. The number of rotatable bonds is 10. The average molecular weight is 426 g/mol. The number of carbonyl (C=O) groups excluding carboxylic acids is 1. The van der Waals surface area contributed by atoms with Crippen LogP contribution in [0, 0.1) is 12.8 Å². The van der Waals surface area contributed by atoms with Crippen molar-refractivity contribution < 1.29 is 4.79 Å². The molecule has 0 bridgehead atoms. The van der Waals surface area contributed by atoms with Gasteiger partial charge in [0.2, 0.25) is 0 Å². The van der Waals surface area contributed by atoms with Crippen LogP contribution < -0.4 is 5.32 Å². The number of benzene rings is 2. The first-order chi connectivity index (χ1) is 15.5. The Morgan fingerprint density at radius 2 is 1.91 bits per heavy atom. The second-order valence-corrected chi connectivity index (χ2v) is 8.82. The SMILES string of the molecule is C=C(NC(C=O)(c1cccc(-c2cccc(C)c2)c1)C1CC1)N(C)CCc1cccnc1. The van der Waals surface area contributed by atoms with Crippen LogP contribution in [0.1, 0.15) is 29.5 Å². The van der Waals surface area contributed by atoms with Crippen LogP contribution in [0.5, 0.6) is 0 Å². The highest BCUT2D eigenvalue weighted by atomic mass is 16.1. The van der Waals surface area contributed by atoms with E-state index in [1.54, 1.807) is 6.20 Å². The number of aryl methyl sites for hydroxylation is 1. The molecule has 3 aromatic rings. The summed E-state index contributed by atoms with van der Waals surface area (Å²) in [6, 6.07) is 20.9. The van der Waals surface area contributed by atoms with Crippen LogP contribution in [0.15, 0.2) is 85.5 Å². The number of hydrogen-bond donors (Lipinski definition) is 1. The monoisotopic (exact) mass is 425 g/mol. The van der Waals surface area contributed by atoms with Crippen LogP contribution in [0.3, 0.4) is 0 Å². The van der Waals surface area contributed by atoms with Crippen LogP contribution in [0.2, 0.25) is 0 Å². The fraction of sp³-hybridized carbons (Fsp3) is 0.286. The van der Waals surface area contributed by atoms with Gasteiger partial charge in [0.25, 0.3) is 0 Å². The van der Waals surface area contributed by atoms with E-state index >= 15 is 0 Å². The molecule has 1 aliphatic carbocycles. The Hall–Kier alpha value is -3.40. The predicted molar refractivity (Wildman–Crippen MR) is 130 cm³/mol. The molecule has 1 fully saturated rings. The Morgan fingerprint density at radius 3 is 2.56 bits per heavy atom. The average Bonchev–Trinajstić information content (AvgIpc) is 3.67. The molecule has 4 heteroatoms. The molecule has 1 N–H and O–H groups in total. The van der Waals surface area contributed by atoms with Crippen molar-refractivity contribution >= 4 is 6.29 Å². The van der Waals surface area contributed by atoms with Gasteiger partial charge in [0.05, 0.1) is 5.82 Å². The van der Waals surface area contributed by atoms with Gasteiger partial charge in [0, 0.05) is 26.0 Å². The first-order valence-electron chi connectivity index (χ1n) is 11.2. The largest absolute Gasteiger partial charge is 0.362 e. The van der Waals surface area contributed by atoms with E-state index in [0.29, 0.717) is 0 Å². The molecule has 0 amide bonds. The van der Waals surface area contributed by atoms with Crippen molar-refractivity contribution in [2.24, 2.45) is 5.92 Å². The molecule has 1 heterocycles. The maximum absolute atomic E-state index is 12.6. The number of carbonyl (C=O) groups is 1. The van der Waals surface area contributed by atoms with Crippen LogP contribution in [-0.2, 0) is 16.8 Å². The van der Waals surface area contributed by atoms with E-state index in [1.165, 1.54) is 11.1 Å². The Bertz CT molecular complexity index is 1090. The van der Waals surface area contributed by atoms with Gasteiger partial charge >= 0.3 is 0 Å². The number of likely N-dealkylation sites (N-methyl/N-ethyl adjacent to an activating group) is 1. The molecular weight excluding hydrogens is 394 g/mol. The number of aldehydes is 1. The predicted octanol–water partition coefficient (Wildman–Crippen LogP) is 5.10. The Morgan fingerprint density at radius 1 is 1.16 bits per heavy atom. The second kappa shape index (κ2) is 9.39. The molecular formula is C28H31N3O. The Labute approximate surface area is 191 Å². The fourth-order valence-electron chi connectivity index (χ4n) is 4.23. The molecule has 0 spiro atoms. The van der Waals surface area contributed by atoms with Gasteiger partial charge in [-0.2, -0.15) is 0 Å². The van der Waals surface area contributed by atoms with E-state index in [4.69, 9.17) is 0 Å². The van der Waals surface area contributed by atoms with Gasteiger partial charge < -0.3 is 15.0 Å². The van der Waals surface area contributed by atoms with E-state index in [9.17, 15) is 4.79 Å². The first-order valence-corrected chi connectivity index (χ1v) is 11.2. The van der Waals surface area contributed by atoms with Gasteiger partial charge in [-0.15, -0.1) is 0 Å². The van der Waals surface area contributed by atoms with E-state index in [1.807, 2.05) is 25.4 Å². The summed E-state index contributed by atoms with van der Waals surface area (Å²) in [4.78, 5) is 18.9. The molecule has 4 rings (SSSR count). The van der Waals surface area contributed by atoms with Crippen molar-refractivity contribution in [3.05, 3.63) is 102 Å². The summed E-state index contributed by atoms with van der Waals surface area (Å²) in [6.45, 7) is 7.16. The summed E-state index contributed by atoms with van der Waals surface area (Å²) in [6.07, 6.45) is 7.69. The number of nitrogens with one attached hydrogen (secondary N) is 1. The molecule has 0 saturated heterocycles. The van der Waals surface area contributed by atoms with Gasteiger partial charge in [0.1, 0.15) is 11.8 Å². The summed E-state index contributed by atoms with van der Waals surface area (Å²) < 4.78 is 0.